The van der Waals surface area contributed by atoms with Gasteiger partial charge in [0.05, 0.1) is 4.92 Å². The third-order valence-electron chi connectivity index (χ3n) is 4.15. The summed E-state index contributed by atoms with van der Waals surface area (Å²) in [5.74, 6) is -0.986. The van der Waals surface area contributed by atoms with Crippen molar-refractivity contribution in [2.45, 2.75) is 6.92 Å². The average molecular weight is 416 g/mol. The largest absolute Gasteiger partial charge is 0.356 e. The van der Waals surface area contributed by atoms with E-state index in [9.17, 15) is 19.7 Å². The standard InChI is InChI=1S/C23H20N4O4/c1-16(28)24-22(15-17-6-5-9-21(14-17)27(30)31)23(29)26-20-12-10-19(11-13-20)25-18-7-3-2-4-8-18/h2-15,25H,1H3,(H,24,28)(H,26,29). The summed E-state index contributed by atoms with van der Waals surface area (Å²) in [7, 11) is 0. The normalized spacial score (nSPS) is 10.8. The van der Waals surface area contributed by atoms with Gasteiger partial charge in [0.25, 0.3) is 11.6 Å². The van der Waals surface area contributed by atoms with E-state index in [1.807, 2.05) is 42.5 Å². The Kier molecular flexibility index (Phi) is 6.74. The highest BCUT2D eigenvalue weighted by Gasteiger charge is 2.13. The fraction of sp³-hybridized carbons (Fsp3) is 0.0435. The number of amides is 2. The molecule has 3 aromatic rings. The van der Waals surface area contributed by atoms with Gasteiger partial charge in [-0.1, -0.05) is 30.3 Å². The van der Waals surface area contributed by atoms with Crippen molar-refractivity contribution in [3.8, 4) is 0 Å². The van der Waals surface area contributed by atoms with Crippen LogP contribution in [0.1, 0.15) is 12.5 Å². The van der Waals surface area contributed by atoms with Crippen molar-refractivity contribution in [1.29, 1.82) is 0 Å². The summed E-state index contributed by atoms with van der Waals surface area (Å²) in [5.41, 5.74) is 2.58. The lowest BCUT2D eigenvalue weighted by Crippen LogP contribution is -2.28. The Balaban J connectivity index is 1.75. The average Bonchev–Trinajstić information content (AvgIpc) is 2.75. The monoisotopic (exact) mass is 416 g/mol. The number of benzene rings is 3. The molecule has 3 aromatic carbocycles. The summed E-state index contributed by atoms with van der Waals surface area (Å²) >= 11 is 0. The summed E-state index contributed by atoms with van der Waals surface area (Å²) in [6, 6.07) is 22.5. The van der Waals surface area contributed by atoms with E-state index in [4.69, 9.17) is 0 Å². The number of rotatable bonds is 7. The van der Waals surface area contributed by atoms with Crippen molar-refractivity contribution in [1.82, 2.24) is 5.32 Å². The van der Waals surface area contributed by atoms with Crippen molar-refractivity contribution in [3.63, 3.8) is 0 Å². The molecule has 3 N–H and O–H groups in total. The van der Waals surface area contributed by atoms with Crippen LogP contribution in [0.15, 0.2) is 84.6 Å². The molecule has 0 aliphatic heterocycles. The molecule has 0 aliphatic rings. The fourth-order valence-electron chi connectivity index (χ4n) is 2.77. The van der Waals surface area contributed by atoms with E-state index in [1.54, 1.807) is 18.2 Å². The summed E-state index contributed by atoms with van der Waals surface area (Å²) in [4.78, 5) is 34.7. The summed E-state index contributed by atoms with van der Waals surface area (Å²) in [6.07, 6.45) is 1.38. The zero-order chi connectivity index (χ0) is 22.2. The van der Waals surface area contributed by atoms with Gasteiger partial charge < -0.3 is 16.0 Å². The molecule has 156 valence electrons. The Hall–Kier alpha value is -4.46. The van der Waals surface area contributed by atoms with Crippen molar-refractivity contribution in [3.05, 3.63) is 100 Å². The van der Waals surface area contributed by atoms with Crippen LogP contribution >= 0.6 is 0 Å². The number of anilines is 3. The second kappa shape index (κ2) is 9.84. The van der Waals surface area contributed by atoms with Crippen LogP contribution < -0.4 is 16.0 Å². The number of nitrogens with zero attached hydrogens (tertiary/aromatic N) is 1. The Labute approximate surface area is 178 Å². The van der Waals surface area contributed by atoms with Gasteiger partial charge in [-0.2, -0.15) is 0 Å². The highest BCUT2D eigenvalue weighted by atomic mass is 16.6. The summed E-state index contributed by atoms with van der Waals surface area (Å²) in [5, 5.41) is 19.4. The van der Waals surface area contributed by atoms with E-state index >= 15 is 0 Å². The molecule has 8 nitrogen and oxygen atoms in total. The number of hydrogen-bond acceptors (Lipinski definition) is 5. The molecule has 3 rings (SSSR count). The third-order valence-corrected chi connectivity index (χ3v) is 4.15. The third kappa shape index (κ3) is 6.26. The maximum Gasteiger partial charge on any atom is 0.272 e. The van der Waals surface area contributed by atoms with Gasteiger partial charge >= 0.3 is 0 Å². The van der Waals surface area contributed by atoms with Crippen LogP contribution in [0.3, 0.4) is 0 Å². The first-order valence-electron chi connectivity index (χ1n) is 9.38. The number of non-ortho nitro benzene ring substituents is 1. The van der Waals surface area contributed by atoms with Gasteiger partial charge in [0.15, 0.2) is 0 Å². The minimum absolute atomic E-state index is 0.0283. The second-order valence-electron chi connectivity index (χ2n) is 6.61. The molecule has 0 aromatic heterocycles. The van der Waals surface area contributed by atoms with E-state index in [0.717, 1.165) is 11.4 Å². The molecule has 2 amide bonds. The Bertz CT molecular complexity index is 1130. The highest BCUT2D eigenvalue weighted by molar-refractivity contribution is 6.08. The number of para-hydroxylation sites is 1. The van der Waals surface area contributed by atoms with Crippen molar-refractivity contribution < 1.29 is 14.5 Å². The molecule has 0 saturated heterocycles. The zero-order valence-electron chi connectivity index (χ0n) is 16.7. The lowest BCUT2D eigenvalue weighted by Gasteiger charge is -2.11. The van der Waals surface area contributed by atoms with Gasteiger partial charge in [-0.05, 0) is 48.0 Å². The first kappa shape index (κ1) is 21.3. The van der Waals surface area contributed by atoms with Crippen LogP contribution in [0.2, 0.25) is 0 Å². The smallest absolute Gasteiger partial charge is 0.272 e. The van der Waals surface area contributed by atoms with Crippen LogP contribution in [0, 0.1) is 10.1 Å². The molecule has 0 saturated carbocycles. The van der Waals surface area contributed by atoms with Crippen LogP contribution in [0.5, 0.6) is 0 Å². The van der Waals surface area contributed by atoms with Gasteiger partial charge in [-0.25, -0.2) is 0 Å². The van der Waals surface area contributed by atoms with Crippen molar-refractivity contribution in [2.24, 2.45) is 0 Å². The number of carbonyl (C=O) groups is 2. The molecular formula is C23H20N4O4. The summed E-state index contributed by atoms with van der Waals surface area (Å²) < 4.78 is 0. The Morgan fingerprint density at radius 2 is 1.52 bits per heavy atom. The molecule has 0 fully saturated rings. The predicted molar refractivity (Wildman–Crippen MR) is 120 cm³/mol. The molecule has 0 radical (unpaired) electrons. The van der Waals surface area contributed by atoms with Crippen molar-refractivity contribution in [2.75, 3.05) is 10.6 Å². The predicted octanol–water partition coefficient (Wildman–Crippen LogP) is 4.45. The van der Waals surface area contributed by atoms with E-state index in [1.165, 1.54) is 31.2 Å². The van der Waals surface area contributed by atoms with E-state index in [2.05, 4.69) is 16.0 Å². The Morgan fingerprint density at radius 3 is 2.16 bits per heavy atom. The van der Waals surface area contributed by atoms with Crippen molar-refractivity contribution >= 4 is 40.6 Å². The van der Waals surface area contributed by atoms with Crippen LogP contribution in [0.25, 0.3) is 6.08 Å². The first-order chi connectivity index (χ1) is 14.9. The number of nitrogens with one attached hydrogen (secondary N) is 3. The van der Waals surface area contributed by atoms with Crippen LogP contribution in [0.4, 0.5) is 22.7 Å². The number of nitro groups is 1. The molecule has 0 spiro atoms. The lowest BCUT2D eigenvalue weighted by atomic mass is 10.1. The minimum atomic E-state index is -0.550. The minimum Gasteiger partial charge on any atom is -0.356 e. The van der Waals surface area contributed by atoms with Gasteiger partial charge in [0.1, 0.15) is 5.70 Å². The first-order valence-corrected chi connectivity index (χ1v) is 9.38. The molecule has 31 heavy (non-hydrogen) atoms. The molecular weight excluding hydrogens is 396 g/mol. The Morgan fingerprint density at radius 1 is 0.871 bits per heavy atom. The molecule has 0 aliphatic carbocycles. The van der Waals surface area contributed by atoms with E-state index in [0.29, 0.717) is 11.3 Å². The van der Waals surface area contributed by atoms with Gasteiger partial charge in [0.2, 0.25) is 5.91 Å². The van der Waals surface area contributed by atoms with Gasteiger partial charge in [0, 0.05) is 36.1 Å². The summed E-state index contributed by atoms with van der Waals surface area (Å²) in [6.45, 7) is 1.28. The second-order valence-corrected chi connectivity index (χ2v) is 6.61. The zero-order valence-corrected chi connectivity index (χ0v) is 16.7. The van der Waals surface area contributed by atoms with Crippen LogP contribution in [-0.2, 0) is 9.59 Å². The van der Waals surface area contributed by atoms with E-state index < -0.39 is 16.7 Å². The molecule has 0 atom stereocenters. The number of hydrogen-bond donors (Lipinski definition) is 3. The van der Waals surface area contributed by atoms with Gasteiger partial charge in [-0.15, -0.1) is 0 Å². The maximum atomic E-state index is 12.7. The lowest BCUT2D eigenvalue weighted by molar-refractivity contribution is -0.384. The quantitative estimate of drug-likeness (QED) is 0.299. The highest BCUT2D eigenvalue weighted by Crippen LogP contribution is 2.20. The van der Waals surface area contributed by atoms with E-state index in [-0.39, 0.29) is 11.4 Å². The number of nitro benzene ring substituents is 1. The number of carbonyl (C=O) groups excluding carboxylic acids is 2. The molecule has 8 heteroatoms. The molecule has 0 bridgehead atoms. The van der Waals surface area contributed by atoms with Crippen LogP contribution in [-0.4, -0.2) is 16.7 Å². The topological polar surface area (TPSA) is 113 Å². The molecule has 0 unspecified atom stereocenters. The molecule has 0 heterocycles. The SMILES string of the molecule is CC(=O)NC(=Cc1cccc([N+](=O)[O-])c1)C(=O)Nc1ccc(Nc2ccccc2)cc1. The maximum absolute atomic E-state index is 12.7. The van der Waals surface area contributed by atoms with Gasteiger partial charge in [-0.3, -0.25) is 19.7 Å². The fourth-order valence-corrected chi connectivity index (χ4v) is 2.77.